The van der Waals surface area contributed by atoms with Crippen molar-refractivity contribution in [2.75, 3.05) is 69.6 Å². The van der Waals surface area contributed by atoms with Crippen molar-refractivity contribution in [1.82, 2.24) is 51.2 Å². The maximum atomic E-state index is 13.5. The number of aromatic amines is 1. The van der Waals surface area contributed by atoms with Crippen LogP contribution in [0.15, 0.2) is 206 Å². The number of nitrogens with zero attached hydrogens (tertiary/aromatic N) is 12. The van der Waals surface area contributed by atoms with Crippen LogP contribution < -0.4 is 41.7 Å². The number of anilines is 3. The van der Waals surface area contributed by atoms with Crippen molar-refractivity contribution < 1.29 is 81.1 Å². The molecule has 5 aliphatic rings. The molecule has 5 amide bonds. The number of aromatic hydroxyl groups is 1. The Bertz CT molecular complexity index is 6280. The standard InChI is InChI=1S/C28H36N4OS.C24H21BrFN3O4S.C16H12BrNO6S2.C12H12N8O6.C9H9N3O2S/c1-5-20-10-9-11-21(6-2)25(20)29-28(34)31-30-26-23-13-8-7-12-22(23)24(27(26)33)17-32-15-18(3)14-19(4)16-32;1-2-33-24(32)29-12-11-18-19(13-29)34-23(28-21(30)14-3-7-16(26)8-4-14)20(18)22(31)27-17-9-5-15(25)6-10-17;1-23-14(20)10-9(7-5-6(17)3-4-8(7)19)11-13(18-16(22)26-11)25-12(10)15(21)24-2;1-8(6-18-16-12(15-17-18)20(24)25)13-14-11(21)7-26-10-5-3-2-4-9(10)19(22)23;1-6-8(13)11-9(15-6)12-10-5-7-3-2-4-14-7/h7-13,18-19,24H,5-6,14-17H2,1-4H3,(H2,29,31,34);3-10H,2,11-13H2,1H3,(H,27,31)(H,28,30);3-5,9,19H,1-2H3,(H,18,22);2-5H,6-7H2,1H3,(H,14,21);2-6H,1H3,(H,11,12,13)/b30-26-;;;13-8-;10-5+. The van der Waals surface area contributed by atoms with Gasteiger partial charge in [0.1, 0.15) is 39.5 Å². The van der Waals surface area contributed by atoms with Crippen molar-refractivity contribution >= 4 is 194 Å². The number of thiophene rings is 1. The number of esters is 2. The number of amides is 5. The zero-order valence-electron chi connectivity index (χ0n) is 73.7. The Morgan fingerprint density at radius 1 is 0.800 bits per heavy atom. The van der Waals surface area contributed by atoms with E-state index < -0.39 is 64.0 Å². The lowest BCUT2D eigenvalue weighted by Gasteiger charge is -2.36. The molecule has 8 N–H and O–H groups in total. The van der Waals surface area contributed by atoms with Gasteiger partial charge in [-0.2, -0.15) is 15.3 Å². The van der Waals surface area contributed by atoms with Crippen LogP contribution in [-0.4, -0.2) is 184 Å². The highest BCUT2D eigenvalue weighted by atomic mass is 79.9. The lowest BCUT2D eigenvalue weighted by atomic mass is 9.88. The maximum absolute atomic E-state index is 13.5. The number of para-hydroxylation sites is 3. The number of halogens is 3. The minimum absolute atomic E-state index is 0.00488. The molecule has 46 heteroatoms. The normalized spacial score (nSPS) is 17.1. The van der Waals surface area contributed by atoms with Gasteiger partial charge in [-0.1, -0.05) is 154 Å². The largest absolute Gasteiger partial charge is 0.514 e. The lowest BCUT2D eigenvalue weighted by molar-refractivity contribution is -0.394. The van der Waals surface area contributed by atoms with Gasteiger partial charge in [0.05, 0.1) is 98.8 Å². The summed E-state index contributed by atoms with van der Waals surface area (Å²) in [5, 5.41) is 71.0. The number of piperidine rings is 1. The number of ether oxygens (including phenoxy) is 4. The van der Waals surface area contributed by atoms with Gasteiger partial charge in [0.2, 0.25) is 5.91 Å². The summed E-state index contributed by atoms with van der Waals surface area (Å²) in [6.45, 7) is 17.2. The molecule has 10 aromatic rings. The number of furan rings is 1. The summed E-state index contributed by atoms with van der Waals surface area (Å²) >= 11 is 16.7. The third-order valence-electron chi connectivity index (χ3n) is 20.5. The number of aromatic nitrogens is 5. The second-order valence-corrected chi connectivity index (χ2v) is 36.9. The molecule has 2 fully saturated rings. The molecule has 706 valence electrons. The van der Waals surface area contributed by atoms with E-state index in [1.165, 1.54) is 123 Å². The summed E-state index contributed by atoms with van der Waals surface area (Å²) in [6, 6.07) is 40.5. The number of nitro benzene ring substituents is 1. The van der Waals surface area contributed by atoms with E-state index in [1.54, 1.807) is 54.5 Å². The molecule has 5 atom stereocenters. The number of nitrogens with one attached hydrogen (secondary N) is 7. The molecule has 15 rings (SSSR count). The van der Waals surface area contributed by atoms with E-state index in [9.17, 15) is 72.9 Å². The Hall–Kier alpha value is -13.4. The number of hydrazone groups is 2. The second-order valence-electron chi connectivity index (χ2n) is 30.2. The topological polar surface area (TPSA) is 498 Å². The fourth-order valence-corrected chi connectivity index (χ4v) is 19.5. The third-order valence-corrected chi connectivity index (χ3v) is 26.0. The Morgan fingerprint density at radius 2 is 1.50 bits per heavy atom. The number of tetrazole rings is 1. The SMILES string of the molecule is C/C(Cn1nnc([N+](=O)[O-])n1)=N/NC(=O)COc1ccccc1[N+](=O)[O-].CC1S/C(=N\N=C\c2ccco2)NC1=O.CCOC(=O)N1CCc2c(sc(NC(=O)c3ccc(F)cc3)c2C(=O)Nc2ccc(Br)cc2)C1.CCc1cccc(CC)c1NC(=S)N/N=C1\C(=O)C(CN2CC(C)CC(C)C2)c2ccccc21.COC(=O)C1=C(C(=O)OC)C(c2cc(Br)ccc2O)c2sc(=O)[nH]c2S1. The number of Topliss-reactive ketones (excluding diaryl/α,β-unsaturated/α-hetero) is 1. The van der Waals surface area contributed by atoms with Gasteiger partial charge in [0, 0.05) is 79.3 Å². The predicted molar refractivity (Wildman–Crippen MR) is 519 cm³/mol. The molecule has 2 saturated heterocycles. The number of nitro groups is 2. The van der Waals surface area contributed by atoms with Crippen LogP contribution in [0, 0.1) is 37.9 Å². The smallest absolute Gasteiger partial charge is 0.508 e. The van der Waals surface area contributed by atoms with Crippen molar-refractivity contribution in [1.29, 1.82) is 0 Å². The van der Waals surface area contributed by atoms with Gasteiger partial charge in [-0.15, -0.1) is 16.4 Å². The number of carbonyl (C=O) groups excluding carboxylic acids is 8. The minimum Gasteiger partial charge on any atom is -0.508 e. The number of H-pyrrole nitrogens is 1. The number of hydrogen-bond donors (Lipinski definition) is 8. The monoisotopic (exact) mass is 2070 g/mol. The first kappa shape index (κ1) is 102. The van der Waals surface area contributed by atoms with Crippen LogP contribution >= 0.6 is 90.3 Å². The quantitative estimate of drug-likeness (QED) is 0.00695. The number of benzene rings is 6. The third kappa shape index (κ3) is 27.5. The average Bonchev–Trinajstić information content (AvgIpc) is 1.77. The van der Waals surface area contributed by atoms with E-state index in [-0.39, 0.29) is 86.6 Å². The molecule has 0 saturated carbocycles. The van der Waals surface area contributed by atoms with E-state index >= 15 is 0 Å². The number of rotatable bonds is 24. The molecule has 6 aromatic carbocycles. The van der Waals surface area contributed by atoms with Gasteiger partial charge in [0.25, 0.3) is 17.7 Å². The Balaban J connectivity index is 0.000000166. The number of fused-ring (bicyclic) bond motifs is 3. The van der Waals surface area contributed by atoms with Gasteiger partial charge in [-0.3, -0.25) is 44.3 Å². The number of phenols is 1. The summed E-state index contributed by atoms with van der Waals surface area (Å²) in [4.78, 5) is 140. The van der Waals surface area contributed by atoms with Crippen LogP contribution in [0.1, 0.15) is 136 Å². The fourth-order valence-electron chi connectivity index (χ4n) is 14.5. The van der Waals surface area contributed by atoms with Crippen LogP contribution in [0.25, 0.3) is 0 Å². The molecule has 0 bridgehead atoms. The Labute approximate surface area is 809 Å². The molecule has 0 radical (unpaired) electrons. The summed E-state index contributed by atoms with van der Waals surface area (Å²) < 4.78 is 39.7. The fraction of sp³-hybridized carbons (Fsp3) is 0.292. The van der Waals surface area contributed by atoms with Crippen LogP contribution in [0.3, 0.4) is 0 Å². The first-order valence-electron chi connectivity index (χ1n) is 41.6. The number of aryl methyl sites for hydroxylation is 2. The molecular weight excluding hydrogens is 1980 g/mol. The van der Waals surface area contributed by atoms with Crippen LogP contribution in [0.5, 0.6) is 11.5 Å². The number of amidine groups is 1. The number of phenolic OH excluding ortho intramolecular Hbond substituents is 1. The van der Waals surface area contributed by atoms with Crippen molar-refractivity contribution in [3.63, 3.8) is 0 Å². The highest BCUT2D eigenvalue weighted by Gasteiger charge is 2.43. The predicted octanol–water partition coefficient (Wildman–Crippen LogP) is 14.8. The number of carbonyl (C=O) groups is 8. The van der Waals surface area contributed by atoms with Gasteiger partial charge >= 0.3 is 34.5 Å². The number of hydrogen-bond acceptors (Lipinski definition) is 32. The van der Waals surface area contributed by atoms with Crippen LogP contribution in [0.4, 0.5) is 37.2 Å². The Kier molecular flexibility index (Phi) is 36.7. The van der Waals surface area contributed by atoms with E-state index in [0.717, 1.165) is 92.1 Å². The molecule has 38 nitrogen and oxygen atoms in total. The highest BCUT2D eigenvalue weighted by molar-refractivity contribution is 9.10. The second kappa shape index (κ2) is 48.5. The summed E-state index contributed by atoms with van der Waals surface area (Å²) in [7, 11) is 2.39. The van der Waals surface area contributed by atoms with Gasteiger partial charge in [-0.05, 0) is 183 Å². The first-order chi connectivity index (χ1) is 64.7. The van der Waals surface area contributed by atoms with Crippen molar-refractivity contribution in [3.05, 3.63) is 267 Å². The highest BCUT2D eigenvalue weighted by Crippen LogP contribution is 2.51. The molecule has 5 unspecified atom stereocenters. The minimum atomic E-state index is -0.853. The molecule has 8 heterocycles. The summed E-state index contributed by atoms with van der Waals surface area (Å²) in [5.74, 6) is -3.22. The van der Waals surface area contributed by atoms with E-state index in [4.69, 9.17) is 35.6 Å². The molecule has 4 aromatic heterocycles. The van der Waals surface area contributed by atoms with Crippen molar-refractivity contribution in [2.24, 2.45) is 32.2 Å². The molecule has 1 aliphatic carbocycles. The maximum Gasteiger partial charge on any atom is 0.514 e. The van der Waals surface area contributed by atoms with Gasteiger partial charge in [-0.25, -0.2) is 24.2 Å². The Morgan fingerprint density at radius 3 is 2.15 bits per heavy atom. The van der Waals surface area contributed by atoms with E-state index in [1.807, 2.05) is 37.3 Å². The number of methoxy groups -OCH3 is 2. The van der Waals surface area contributed by atoms with E-state index in [0.29, 0.717) is 88.5 Å². The van der Waals surface area contributed by atoms with Crippen LogP contribution in [0.2, 0.25) is 0 Å². The zero-order chi connectivity index (χ0) is 97.3. The lowest BCUT2D eigenvalue weighted by Crippen LogP contribution is -2.41. The molecule has 0 spiro atoms. The zero-order valence-corrected chi connectivity index (χ0v) is 81.0. The van der Waals surface area contributed by atoms with Gasteiger partial charge < -0.3 is 74.6 Å². The molecule has 135 heavy (non-hydrogen) atoms. The molecular formula is C89H90Br2FN19O19S5. The summed E-state index contributed by atoms with van der Waals surface area (Å²) in [5.41, 5.74) is 13.5. The average molecular weight is 2070 g/mol. The number of ketones is 1. The number of thioether (sulfide) groups is 2. The van der Waals surface area contributed by atoms with Gasteiger partial charge in [0.15, 0.2) is 28.4 Å². The number of thiazole rings is 1. The summed E-state index contributed by atoms with van der Waals surface area (Å²) in [6.07, 6.45) is 6.15. The van der Waals surface area contributed by atoms with Crippen molar-refractivity contribution in [2.45, 2.75) is 109 Å². The number of thiocarbonyl (C=S) groups is 1. The first-order valence-corrected chi connectivity index (χ1v) is 46.9. The van der Waals surface area contributed by atoms with E-state index in [2.05, 4.69) is 162 Å². The number of likely N-dealkylation sites (tertiary alicyclic amines) is 1. The van der Waals surface area contributed by atoms with Crippen molar-refractivity contribution in [3.8, 4) is 11.5 Å². The molecule has 4 aliphatic heterocycles. The van der Waals surface area contributed by atoms with Crippen LogP contribution in [-0.2, 0) is 70.5 Å².